The van der Waals surface area contributed by atoms with Gasteiger partial charge in [0.15, 0.2) is 0 Å². The molecule has 0 aromatic heterocycles. The molecule has 0 amide bonds. The van der Waals surface area contributed by atoms with Crippen LogP contribution >= 0.6 is 0 Å². The summed E-state index contributed by atoms with van der Waals surface area (Å²) in [6, 6.07) is 0. The van der Waals surface area contributed by atoms with Gasteiger partial charge in [-0.2, -0.15) is 0 Å². The zero-order valence-corrected chi connectivity index (χ0v) is 8.78. The van der Waals surface area contributed by atoms with E-state index < -0.39 is 0 Å². The van der Waals surface area contributed by atoms with Crippen molar-refractivity contribution in [3.05, 3.63) is 5.32 Å². The van der Waals surface area contributed by atoms with Crippen LogP contribution in [0.2, 0.25) is 0 Å². The summed E-state index contributed by atoms with van der Waals surface area (Å²) in [7, 11) is 0. The van der Waals surface area contributed by atoms with Crippen LogP contribution < -0.4 is 51.4 Å². The second-order valence-corrected chi connectivity index (χ2v) is 1.36. The van der Waals surface area contributed by atoms with E-state index in [1.807, 2.05) is 6.92 Å². The molecule has 0 N–H and O–H groups in total. The van der Waals surface area contributed by atoms with Crippen molar-refractivity contribution in [3.8, 4) is 0 Å². The van der Waals surface area contributed by atoms with Gasteiger partial charge in [0.1, 0.15) is 0 Å². The summed E-state index contributed by atoms with van der Waals surface area (Å²) >= 11 is 0. The standard InChI is InChI=1S/C5H11FN.K/c1-2-4-7-5-3-6;/h2-5H2,1H3;/q-1;+1. The van der Waals surface area contributed by atoms with Gasteiger partial charge in [0.05, 0.1) is 6.67 Å². The Morgan fingerprint density at radius 3 is 2.38 bits per heavy atom. The molecule has 1 nitrogen and oxygen atoms in total. The summed E-state index contributed by atoms with van der Waals surface area (Å²) in [6.07, 6.45) is 1.03. The largest absolute Gasteiger partial charge is 1.00 e. The van der Waals surface area contributed by atoms with E-state index in [0.717, 1.165) is 13.0 Å². The molecule has 0 fully saturated rings. The Balaban J connectivity index is 0. The molecule has 0 radical (unpaired) electrons. The average molecular weight is 143 g/mol. The minimum atomic E-state index is -0.306. The molecule has 0 saturated carbocycles. The summed E-state index contributed by atoms with van der Waals surface area (Å²) < 4.78 is 11.2. The monoisotopic (exact) mass is 143 g/mol. The molecule has 0 saturated heterocycles. The minimum absolute atomic E-state index is 0. The molecule has 0 rings (SSSR count). The third-order valence-corrected chi connectivity index (χ3v) is 0.624. The van der Waals surface area contributed by atoms with Gasteiger partial charge in [0.2, 0.25) is 0 Å². The first-order valence-electron chi connectivity index (χ1n) is 2.61. The van der Waals surface area contributed by atoms with E-state index in [1.165, 1.54) is 0 Å². The number of hydrogen-bond acceptors (Lipinski definition) is 0. The summed E-state index contributed by atoms with van der Waals surface area (Å²) in [5.74, 6) is 0. The average Bonchev–Trinajstić information content (AvgIpc) is 1.69. The Morgan fingerprint density at radius 2 is 2.00 bits per heavy atom. The summed E-state index contributed by atoms with van der Waals surface area (Å²) in [4.78, 5) is 0. The smallest absolute Gasteiger partial charge is 0.660 e. The summed E-state index contributed by atoms with van der Waals surface area (Å²) in [5, 5.41) is 3.83. The van der Waals surface area contributed by atoms with Crippen LogP contribution in [0, 0.1) is 0 Å². The van der Waals surface area contributed by atoms with Crippen molar-refractivity contribution >= 4 is 0 Å². The van der Waals surface area contributed by atoms with Crippen molar-refractivity contribution in [1.29, 1.82) is 0 Å². The number of halogens is 1. The normalized spacial score (nSPS) is 8.25. The van der Waals surface area contributed by atoms with Gasteiger partial charge in [-0.3, -0.25) is 4.39 Å². The predicted molar refractivity (Wildman–Crippen MR) is 29.4 cm³/mol. The fourth-order valence-electron chi connectivity index (χ4n) is 0.330. The summed E-state index contributed by atoms with van der Waals surface area (Å²) in [5.41, 5.74) is 0. The molecule has 0 aliphatic carbocycles. The third kappa shape index (κ3) is 10.5. The van der Waals surface area contributed by atoms with E-state index in [9.17, 15) is 4.39 Å². The summed E-state index contributed by atoms with van der Waals surface area (Å²) in [6.45, 7) is 2.92. The molecule has 3 heteroatoms. The molecule has 0 spiro atoms. The number of hydrogen-bond donors (Lipinski definition) is 0. The fraction of sp³-hybridized carbons (Fsp3) is 1.00. The Bertz CT molecular complexity index is 31.6. The van der Waals surface area contributed by atoms with Crippen molar-refractivity contribution in [2.24, 2.45) is 0 Å². The van der Waals surface area contributed by atoms with Gasteiger partial charge in [-0.1, -0.05) is 13.3 Å². The molecule has 0 bridgehead atoms. The van der Waals surface area contributed by atoms with Crippen LogP contribution in [0.3, 0.4) is 0 Å². The van der Waals surface area contributed by atoms with E-state index in [-0.39, 0.29) is 58.1 Å². The van der Waals surface area contributed by atoms with Gasteiger partial charge in [0.25, 0.3) is 0 Å². The van der Waals surface area contributed by atoms with Crippen LogP contribution in [0.1, 0.15) is 13.3 Å². The fourth-order valence-corrected chi connectivity index (χ4v) is 0.330. The maximum absolute atomic E-state index is 11.2. The van der Waals surface area contributed by atoms with Crippen LogP contribution in [0.15, 0.2) is 0 Å². The van der Waals surface area contributed by atoms with Crippen molar-refractivity contribution in [2.75, 3.05) is 19.8 Å². The van der Waals surface area contributed by atoms with Crippen molar-refractivity contribution in [3.63, 3.8) is 0 Å². The van der Waals surface area contributed by atoms with Crippen molar-refractivity contribution < 1.29 is 55.8 Å². The maximum Gasteiger partial charge on any atom is 1.00 e. The van der Waals surface area contributed by atoms with E-state index in [1.54, 1.807) is 0 Å². The van der Waals surface area contributed by atoms with E-state index in [0.29, 0.717) is 6.54 Å². The number of rotatable bonds is 4. The molecule has 0 unspecified atom stereocenters. The number of alkyl halides is 1. The molecular formula is C5H11FKN. The zero-order chi connectivity index (χ0) is 5.54. The molecule has 0 aliphatic rings. The van der Waals surface area contributed by atoms with Gasteiger partial charge in [-0.15, -0.1) is 13.1 Å². The van der Waals surface area contributed by atoms with Crippen LogP contribution in [-0.4, -0.2) is 19.8 Å². The molecule has 0 atom stereocenters. The van der Waals surface area contributed by atoms with Crippen molar-refractivity contribution in [2.45, 2.75) is 13.3 Å². The van der Waals surface area contributed by atoms with Crippen LogP contribution in [0.4, 0.5) is 4.39 Å². The first-order valence-corrected chi connectivity index (χ1v) is 2.61. The molecule has 44 valence electrons. The molecule has 0 heterocycles. The third-order valence-electron chi connectivity index (χ3n) is 0.624. The molecule has 0 aliphatic heterocycles. The van der Waals surface area contributed by atoms with Gasteiger partial charge >= 0.3 is 51.4 Å². The van der Waals surface area contributed by atoms with E-state index in [2.05, 4.69) is 5.32 Å². The molecule has 8 heavy (non-hydrogen) atoms. The topological polar surface area (TPSA) is 14.1 Å². The van der Waals surface area contributed by atoms with Gasteiger partial charge < -0.3 is 5.32 Å². The van der Waals surface area contributed by atoms with Crippen LogP contribution in [0.5, 0.6) is 0 Å². The van der Waals surface area contributed by atoms with Gasteiger partial charge in [-0.25, -0.2) is 0 Å². The van der Waals surface area contributed by atoms with Gasteiger partial charge in [-0.05, 0) is 0 Å². The van der Waals surface area contributed by atoms with E-state index >= 15 is 0 Å². The Morgan fingerprint density at radius 1 is 1.38 bits per heavy atom. The quantitative estimate of drug-likeness (QED) is 0.345. The van der Waals surface area contributed by atoms with Crippen LogP contribution in [0.25, 0.3) is 5.32 Å². The Kier molecular flexibility index (Phi) is 17.3. The molecule has 0 aromatic carbocycles. The SMILES string of the molecule is CCC[N-]CCF.[K+]. The van der Waals surface area contributed by atoms with E-state index in [4.69, 9.17) is 0 Å². The second kappa shape index (κ2) is 11.3. The van der Waals surface area contributed by atoms with Crippen LogP contribution in [-0.2, 0) is 0 Å². The zero-order valence-electron chi connectivity index (χ0n) is 5.65. The van der Waals surface area contributed by atoms with Gasteiger partial charge in [0, 0.05) is 0 Å². The first kappa shape index (κ1) is 12.2. The number of nitrogens with zero attached hydrogens (tertiary/aromatic N) is 1. The molecule has 0 aromatic rings. The minimum Gasteiger partial charge on any atom is -0.660 e. The predicted octanol–water partition coefficient (Wildman–Crippen LogP) is -1.26. The maximum atomic E-state index is 11.2. The molecular weight excluding hydrogens is 132 g/mol. The second-order valence-electron chi connectivity index (χ2n) is 1.36. The first-order chi connectivity index (χ1) is 3.41. The van der Waals surface area contributed by atoms with Crippen molar-refractivity contribution in [1.82, 2.24) is 0 Å². The Hall–Kier alpha value is 1.53. The Labute approximate surface area is 92.8 Å².